The Balaban J connectivity index is 1.75. The van der Waals surface area contributed by atoms with Gasteiger partial charge >= 0.3 is 0 Å². The van der Waals surface area contributed by atoms with Gasteiger partial charge in [0.1, 0.15) is 5.60 Å². The molecule has 0 saturated heterocycles. The molecule has 0 bridgehead atoms. The fraction of sp³-hybridized carbons (Fsp3) is 0.867. The van der Waals surface area contributed by atoms with Crippen LogP contribution in [0.5, 0.6) is 0 Å². The lowest BCUT2D eigenvalue weighted by molar-refractivity contribution is -0.0469. The van der Waals surface area contributed by atoms with Gasteiger partial charge in [-0.15, -0.1) is 0 Å². The van der Waals surface area contributed by atoms with E-state index in [0.717, 1.165) is 31.5 Å². The average molecular weight is 279 g/mol. The Kier molecular flexibility index (Phi) is 3.82. The van der Waals surface area contributed by atoms with Crippen molar-refractivity contribution in [1.29, 1.82) is 0 Å². The first-order valence-electron chi connectivity index (χ1n) is 7.92. The van der Waals surface area contributed by atoms with Crippen LogP contribution in [0.2, 0.25) is 0 Å². The molecule has 0 atom stereocenters. The third kappa shape index (κ3) is 2.61. The van der Waals surface area contributed by atoms with Crippen LogP contribution in [-0.2, 0) is 16.8 Å². The van der Waals surface area contributed by atoms with E-state index in [1.54, 1.807) is 0 Å². The largest absolute Gasteiger partial charge is 0.367 e. The molecule has 0 aliphatic heterocycles. The molecular formula is C15H25N3O2. The van der Waals surface area contributed by atoms with Gasteiger partial charge in [-0.3, -0.25) is 0 Å². The standard InChI is InChI=1S/C15H25N3O2/c1-2-19-15(9-5-6-10-15)13-17-12(20-18-13)11-14(16)7-3-4-8-14/h2-11,16H2,1H3. The van der Waals surface area contributed by atoms with Crippen LogP contribution in [0.15, 0.2) is 4.52 Å². The number of ether oxygens (including phenoxy) is 1. The van der Waals surface area contributed by atoms with Gasteiger partial charge in [-0.05, 0) is 45.4 Å². The van der Waals surface area contributed by atoms with Crippen molar-refractivity contribution in [3.63, 3.8) is 0 Å². The minimum atomic E-state index is -0.312. The second-order valence-electron chi connectivity index (χ2n) is 6.39. The van der Waals surface area contributed by atoms with Crippen LogP contribution in [0.4, 0.5) is 0 Å². The lowest BCUT2D eigenvalue weighted by Crippen LogP contribution is -2.38. The molecular weight excluding hydrogens is 254 g/mol. The summed E-state index contributed by atoms with van der Waals surface area (Å²) < 4.78 is 11.4. The maximum absolute atomic E-state index is 6.39. The van der Waals surface area contributed by atoms with Crippen LogP contribution < -0.4 is 5.73 Å². The molecule has 1 aromatic rings. The minimum Gasteiger partial charge on any atom is -0.367 e. The maximum Gasteiger partial charge on any atom is 0.228 e. The van der Waals surface area contributed by atoms with Gasteiger partial charge < -0.3 is 15.0 Å². The quantitative estimate of drug-likeness (QED) is 0.897. The zero-order valence-corrected chi connectivity index (χ0v) is 12.4. The van der Waals surface area contributed by atoms with E-state index in [4.69, 9.17) is 15.0 Å². The highest BCUT2D eigenvalue weighted by Crippen LogP contribution is 2.41. The van der Waals surface area contributed by atoms with Gasteiger partial charge in [0.05, 0.1) is 0 Å². The second-order valence-corrected chi connectivity index (χ2v) is 6.39. The predicted octanol–water partition coefficient (Wildman–Crippen LogP) is 2.69. The van der Waals surface area contributed by atoms with Crippen LogP contribution in [0.3, 0.4) is 0 Å². The number of hydrogen-bond acceptors (Lipinski definition) is 5. The number of nitrogens with zero attached hydrogens (tertiary/aromatic N) is 2. The summed E-state index contributed by atoms with van der Waals surface area (Å²) in [5.41, 5.74) is 5.93. The summed E-state index contributed by atoms with van der Waals surface area (Å²) in [5, 5.41) is 4.20. The molecule has 0 radical (unpaired) electrons. The van der Waals surface area contributed by atoms with Gasteiger partial charge in [-0.25, -0.2) is 0 Å². The summed E-state index contributed by atoms with van der Waals surface area (Å²) in [7, 11) is 0. The van der Waals surface area contributed by atoms with E-state index in [0.29, 0.717) is 18.9 Å². The Morgan fingerprint density at radius 1 is 1.15 bits per heavy atom. The van der Waals surface area contributed by atoms with Crippen molar-refractivity contribution in [1.82, 2.24) is 10.1 Å². The average Bonchev–Trinajstić information content (AvgIpc) is 3.12. The summed E-state index contributed by atoms with van der Waals surface area (Å²) in [6, 6.07) is 0. The number of rotatable bonds is 5. The maximum atomic E-state index is 6.39. The zero-order chi connectivity index (χ0) is 14.1. The van der Waals surface area contributed by atoms with Crippen molar-refractivity contribution < 1.29 is 9.26 Å². The van der Waals surface area contributed by atoms with Crippen molar-refractivity contribution >= 4 is 0 Å². The van der Waals surface area contributed by atoms with Gasteiger partial charge in [-0.1, -0.05) is 18.0 Å². The molecule has 3 rings (SSSR count). The highest BCUT2D eigenvalue weighted by molar-refractivity contribution is 5.06. The Morgan fingerprint density at radius 3 is 2.45 bits per heavy atom. The molecule has 0 aromatic carbocycles. The third-order valence-electron chi connectivity index (χ3n) is 4.81. The summed E-state index contributed by atoms with van der Waals surface area (Å²) in [6.07, 6.45) is 9.56. The fourth-order valence-corrected chi connectivity index (χ4v) is 3.72. The van der Waals surface area contributed by atoms with E-state index in [-0.39, 0.29) is 11.1 Å². The van der Waals surface area contributed by atoms with Crippen LogP contribution in [0, 0.1) is 0 Å². The highest BCUT2D eigenvalue weighted by atomic mass is 16.5. The number of nitrogens with two attached hydrogens (primary N) is 1. The minimum absolute atomic E-state index is 0.141. The molecule has 0 spiro atoms. The van der Waals surface area contributed by atoms with E-state index in [1.165, 1.54) is 25.7 Å². The Hall–Kier alpha value is -0.940. The molecule has 5 heteroatoms. The molecule has 2 saturated carbocycles. The highest BCUT2D eigenvalue weighted by Gasteiger charge is 2.41. The first-order chi connectivity index (χ1) is 9.66. The van der Waals surface area contributed by atoms with E-state index < -0.39 is 0 Å². The van der Waals surface area contributed by atoms with E-state index in [9.17, 15) is 0 Å². The lowest BCUT2D eigenvalue weighted by atomic mass is 9.95. The Bertz CT molecular complexity index is 446. The molecule has 0 amide bonds. The number of hydrogen-bond donors (Lipinski definition) is 1. The van der Waals surface area contributed by atoms with E-state index in [1.807, 2.05) is 6.92 Å². The normalized spacial score (nSPS) is 24.3. The first kappa shape index (κ1) is 14.0. The molecule has 112 valence electrons. The predicted molar refractivity (Wildman–Crippen MR) is 75.2 cm³/mol. The molecule has 5 nitrogen and oxygen atoms in total. The van der Waals surface area contributed by atoms with Crippen LogP contribution in [0.1, 0.15) is 70.0 Å². The van der Waals surface area contributed by atoms with Crippen molar-refractivity contribution in [2.45, 2.75) is 75.9 Å². The Labute approximate surface area is 120 Å². The summed E-state index contributed by atoms with van der Waals surface area (Å²) in [6.45, 7) is 2.71. The monoisotopic (exact) mass is 279 g/mol. The van der Waals surface area contributed by atoms with Crippen LogP contribution >= 0.6 is 0 Å². The number of aromatic nitrogens is 2. The summed E-state index contributed by atoms with van der Waals surface area (Å²) in [5.74, 6) is 1.41. The molecule has 2 aliphatic rings. The van der Waals surface area contributed by atoms with Gasteiger partial charge in [0.15, 0.2) is 0 Å². The summed E-state index contributed by atoms with van der Waals surface area (Å²) in [4.78, 5) is 4.61. The molecule has 2 aliphatic carbocycles. The molecule has 0 unspecified atom stereocenters. The SMILES string of the molecule is CCOC1(c2noc(CC3(N)CCCC3)n2)CCCC1. The zero-order valence-electron chi connectivity index (χ0n) is 12.4. The molecule has 1 heterocycles. The lowest BCUT2D eigenvalue weighted by Gasteiger charge is -2.24. The first-order valence-corrected chi connectivity index (χ1v) is 7.92. The van der Waals surface area contributed by atoms with Crippen LogP contribution in [-0.4, -0.2) is 22.3 Å². The molecule has 2 fully saturated rings. The van der Waals surface area contributed by atoms with Gasteiger partial charge in [-0.2, -0.15) is 4.98 Å². The van der Waals surface area contributed by atoms with Gasteiger partial charge in [0.2, 0.25) is 11.7 Å². The summed E-state index contributed by atoms with van der Waals surface area (Å²) >= 11 is 0. The van der Waals surface area contributed by atoms with Gasteiger partial charge in [0.25, 0.3) is 0 Å². The smallest absolute Gasteiger partial charge is 0.228 e. The van der Waals surface area contributed by atoms with Gasteiger partial charge in [0, 0.05) is 18.6 Å². The topological polar surface area (TPSA) is 74.2 Å². The molecule has 2 N–H and O–H groups in total. The molecule has 20 heavy (non-hydrogen) atoms. The third-order valence-corrected chi connectivity index (χ3v) is 4.81. The molecule has 1 aromatic heterocycles. The van der Waals surface area contributed by atoms with Crippen molar-refractivity contribution in [2.75, 3.05) is 6.61 Å². The fourth-order valence-electron chi connectivity index (χ4n) is 3.72. The van der Waals surface area contributed by atoms with Crippen molar-refractivity contribution in [3.8, 4) is 0 Å². The van der Waals surface area contributed by atoms with E-state index >= 15 is 0 Å². The van der Waals surface area contributed by atoms with Crippen molar-refractivity contribution in [2.24, 2.45) is 5.73 Å². The van der Waals surface area contributed by atoms with Crippen LogP contribution in [0.25, 0.3) is 0 Å². The van der Waals surface area contributed by atoms with Crippen molar-refractivity contribution in [3.05, 3.63) is 11.7 Å². The van der Waals surface area contributed by atoms with E-state index in [2.05, 4.69) is 10.1 Å². The Morgan fingerprint density at radius 2 is 1.80 bits per heavy atom. The second kappa shape index (κ2) is 5.45.